The summed E-state index contributed by atoms with van der Waals surface area (Å²) >= 11 is 0. The second-order valence-corrected chi connectivity index (χ2v) is 6.29. The lowest BCUT2D eigenvalue weighted by atomic mass is 9.89. The van der Waals surface area contributed by atoms with Crippen molar-refractivity contribution < 1.29 is 0 Å². The zero-order valence-electron chi connectivity index (χ0n) is 12.2. The van der Waals surface area contributed by atoms with E-state index >= 15 is 0 Å². The predicted molar refractivity (Wildman–Crippen MR) is 79.3 cm³/mol. The van der Waals surface area contributed by atoms with E-state index in [1.807, 2.05) is 10.7 Å². The highest BCUT2D eigenvalue weighted by Crippen LogP contribution is 2.34. The summed E-state index contributed by atoms with van der Waals surface area (Å²) in [7, 11) is 0. The Labute approximate surface area is 119 Å². The highest BCUT2D eigenvalue weighted by Gasteiger charge is 2.41. The van der Waals surface area contributed by atoms with Crippen LogP contribution in [0, 0.1) is 0 Å². The van der Waals surface area contributed by atoms with Crippen molar-refractivity contribution in [3.63, 3.8) is 0 Å². The molecule has 0 aliphatic carbocycles. The Bertz CT molecular complexity index is 589. The highest BCUT2D eigenvalue weighted by molar-refractivity contribution is 5.33. The topological polar surface area (TPSA) is 54.8 Å². The normalized spacial score (nSPS) is 23.9. The lowest BCUT2D eigenvalue weighted by molar-refractivity contribution is 0.151. The summed E-state index contributed by atoms with van der Waals surface area (Å²) in [6.45, 7) is 7.37. The van der Waals surface area contributed by atoms with E-state index in [1.165, 1.54) is 5.56 Å². The molecule has 5 heteroatoms. The van der Waals surface area contributed by atoms with Gasteiger partial charge < -0.3 is 5.32 Å². The van der Waals surface area contributed by atoms with Gasteiger partial charge in [0, 0.05) is 18.5 Å². The van der Waals surface area contributed by atoms with Gasteiger partial charge in [-0.1, -0.05) is 30.3 Å². The van der Waals surface area contributed by atoms with Gasteiger partial charge in [0.15, 0.2) is 0 Å². The minimum absolute atomic E-state index is 0.0124. The molecule has 0 amide bonds. The molecule has 2 aromatic rings. The lowest BCUT2D eigenvalue weighted by Crippen LogP contribution is -2.56. The van der Waals surface area contributed by atoms with Crippen molar-refractivity contribution in [2.75, 3.05) is 5.32 Å². The molecule has 1 aromatic heterocycles. The van der Waals surface area contributed by atoms with Crippen LogP contribution in [0.25, 0.3) is 0 Å². The summed E-state index contributed by atoms with van der Waals surface area (Å²) in [4.78, 5) is 4.30. The number of fused-ring (bicyclic) bond motifs is 1. The Morgan fingerprint density at radius 1 is 1.25 bits per heavy atom. The van der Waals surface area contributed by atoms with Crippen molar-refractivity contribution >= 4 is 5.95 Å². The van der Waals surface area contributed by atoms with Crippen molar-refractivity contribution in [1.82, 2.24) is 20.1 Å². The Kier molecular flexibility index (Phi) is 3.01. The number of rotatable bonds is 3. The molecular formula is C15H21N5. The minimum Gasteiger partial charge on any atom is -0.349 e. The number of aromatic nitrogens is 3. The van der Waals surface area contributed by atoms with Gasteiger partial charge in [0.05, 0.1) is 0 Å². The molecule has 0 saturated heterocycles. The number of nitrogens with one attached hydrogen (secondary N) is 2. The fraction of sp³-hybridized carbons (Fsp3) is 0.467. The molecule has 1 unspecified atom stereocenters. The second-order valence-electron chi connectivity index (χ2n) is 6.29. The van der Waals surface area contributed by atoms with E-state index in [1.54, 1.807) is 6.33 Å². The fourth-order valence-electron chi connectivity index (χ4n) is 3.00. The molecule has 0 spiro atoms. The van der Waals surface area contributed by atoms with Crippen molar-refractivity contribution in [2.45, 2.75) is 44.9 Å². The maximum atomic E-state index is 4.37. The first-order chi connectivity index (χ1) is 9.49. The van der Waals surface area contributed by atoms with Crippen LogP contribution in [0.1, 0.15) is 32.8 Å². The summed E-state index contributed by atoms with van der Waals surface area (Å²) in [5.41, 5.74) is 1.02. The van der Waals surface area contributed by atoms with Crippen LogP contribution in [0.15, 0.2) is 36.7 Å². The quantitative estimate of drug-likeness (QED) is 0.899. The Morgan fingerprint density at radius 3 is 2.75 bits per heavy atom. The largest absolute Gasteiger partial charge is 0.349 e. The van der Waals surface area contributed by atoms with Gasteiger partial charge >= 0.3 is 0 Å². The molecule has 0 bridgehead atoms. The molecule has 0 saturated carbocycles. The molecule has 2 N–H and O–H groups in total. The molecule has 1 aliphatic rings. The zero-order valence-corrected chi connectivity index (χ0v) is 12.2. The van der Waals surface area contributed by atoms with E-state index in [9.17, 15) is 0 Å². The van der Waals surface area contributed by atoms with Crippen LogP contribution >= 0.6 is 0 Å². The molecule has 106 valence electrons. The maximum Gasteiger partial charge on any atom is 0.223 e. The SMILES string of the molecule is CC1(C)CC(C)(NCc2ccccc2)n2ncnc2N1. The van der Waals surface area contributed by atoms with E-state index in [0.717, 1.165) is 18.9 Å². The summed E-state index contributed by atoms with van der Waals surface area (Å²) in [5, 5.41) is 11.4. The number of benzene rings is 1. The number of nitrogens with zero attached hydrogens (tertiary/aromatic N) is 3. The average Bonchev–Trinajstić information content (AvgIpc) is 2.85. The lowest BCUT2D eigenvalue weighted by Gasteiger charge is -2.44. The number of hydrogen-bond acceptors (Lipinski definition) is 4. The monoisotopic (exact) mass is 271 g/mol. The molecule has 3 rings (SSSR count). The molecular weight excluding hydrogens is 250 g/mol. The van der Waals surface area contributed by atoms with Crippen LogP contribution in [0.2, 0.25) is 0 Å². The van der Waals surface area contributed by atoms with E-state index in [2.05, 4.69) is 65.8 Å². The van der Waals surface area contributed by atoms with E-state index in [-0.39, 0.29) is 11.2 Å². The van der Waals surface area contributed by atoms with Crippen molar-refractivity contribution in [1.29, 1.82) is 0 Å². The molecule has 2 heterocycles. The first-order valence-electron chi connectivity index (χ1n) is 6.96. The van der Waals surface area contributed by atoms with Crippen LogP contribution in [0.3, 0.4) is 0 Å². The average molecular weight is 271 g/mol. The molecule has 20 heavy (non-hydrogen) atoms. The molecule has 0 fully saturated rings. The van der Waals surface area contributed by atoms with Crippen LogP contribution < -0.4 is 10.6 Å². The summed E-state index contributed by atoms with van der Waals surface area (Å²) < 4.78 is 1.95. The maximum absolute atomic E-state index is 4.37. The van der Waals surface area contributed by atoms with Gasteiger partial charge in [-0.2, -0.15) is 10.1 Å². The molecule has 1 aromatic carbocycles. The summed E-state index contributed by atoms with van der Waals surface area (Å²) in [5.74, 6) is 0.823. The first-order valence-corrected chi connectivity index (χ1v) is 6.96. The van der Waals surface area contributed by atoms with Gasteiger partial charge in [-0.05, 0) is 26.3 Å². The zero-order chi connectivity index (χ0) is 14.2. The van der Waals surface area contributed by atoms with Gasteiger partial charge in [0.1, 0.15) is 12.0 Å². The van der Waals surface area contributed by atoms with E-state index < -0.39 is 0 Å². The molecule has 5 nitrogen and oxygen atoms in total. The standard InChI is InChI=1S/C15H21N5/c1-14(2)10-15(3,20-13(19-14)16-11-18-20)17-9-12-7-5-4-6-8-12/h4-8,11,17H,9-10H2,1-3H3,(H,16,18,19). The summed E-state index contributed by atoms with van der Waals surface area (Å²) in [6, 6.07) is 10.4. The predicted octanol–water partition coefficient (Wildman–Crippen LogP) is 2.33. The highest BCUT2D eigenvalue weighted by atomic mass is 15.5. The third-order valence-corrected chi connectivity index (χ3v) is 3.77. The Morgan fingerprint density at radius 2 is 2.00 bits per heavy atom. The van der Waals surface area contributed by atoms with Gasteiger partial charge in [0.25, 0.3) is 0 Å². The fourth-order valence-corrected chi connectivity index (χ4v) is 3.00. The molecule has 1 atom stereocenters. The van der Waals surface area contributed by atoms with Crippen LogP contribution in [-0.2, 0) is 12.2 Å². The van der Waals surface area contributed by atoms with E-state index in [0.29, 0.717) is 0 Å². The molecule has 0 radical (unpaired) electrons. The molecule has 1 aliphatic heterocycles. The van der Waals surface area contributed by atoms with Gasteiger partial charge in [0.2, 0.25) is 5.95 Å². The Hall–Kier alpha value is -1.88. The van der Waals surface area contributed by atoms with E-state index in [4.69, 9.17) is 0 Å². The van der Waals surface area contributed by atoms with Crippen molar-refractivity contribution in [2.24, 2.45) is 0 Å². The van der Waals surface area contributed by atoms with Gasteiger partial charge in [-0.25, -0.2) is 4.68 Å². The third-order valence-electron chi connectivity index (χ3n) is 3.77. The number of hydrogen-bond donors (Lipinski definition) is 2. The summed E-state index contributed by atoms with van der Waals surface area (Å²) in [6.07, 6.45) is 2.54. The first kappa shape index (κ1) is 13.1. The smallest absolute Gasteiger partial charge is 0.223 e. The van der Waals surface area contributed by atoms with Crippen LogP contribution in [0.4, 0.5) is 5.95 Å². The van der Waals surface area contributed by atoms with Crippen LogP contribution in [-0.4, -0.2) is 20.3 Å². The number of anilines is 1. The third kappa shape index (κ3) is 2.41. The van der Waals surface area contributed by atoms with Crippen molar-refractivity contribution in [3.8, 4) is 0 Å². The minimum atomic E-state index is -0.240. The van der Waals surface area contributed by atoms with Crippen LogP contribution in [0.5, 0.6) is 0 Å². The van der Waals surface area contributed by atoms with Crippen molar-refractivity contribution in [3.05, 3.63) is 42.2 Å². The van der Waals surface area contributed by atoms with Gasteiger partial charge in [-0.15, -0.1) is 0 Å². The Balaban J connectivity index is 1.84. The second kappa shape index (κ2) is 4.59. The van der Waals surface area contributed by atoms with Gasteiger partial charge in [-0.3, -0.25) is 5.32 Å².